The van der Waals surface area contributed by atoms with Gasteiger partial charge in [-0.1, -0.05) is 6.07 Å². The summed E-state index contributed by atoms with van der Waals surface area (Å²) in [6.45, 7) is 0.563. The Morgan fingerprint density at radius 2 is 2.10 bits per heavy atom. The van der Waals surface area contributed by atoms with Gasteiger partial charge in [-0.15, -0.1) is 11.6 Å². The summed E-state index contributed by atoms with van der Waals surface area (Å²) in [7, 11) is 0. The fourth-order valence-electron chi connectivity index (χ4n) is 2.25. The Morgan fingerprint density at radius 1 is 1.20 bits per heavy atom. The number of imidazole rings is 1. The molecule has 0 aliphatic rings. The average Bonchev–Trinajstić information content (AvgIpc) is 2.78. The third-order valence-corrected chi connectivity index (χ3v) is 3.34. The maximum absolute atomic E-state index is 13.5. The topological polar surface area (TPSA) is 30.7 Å². The highest BCUT2D eigenvalue weighted by Gasteiger charge is 2.11. The molecule has 3 aromatic rings. The number of alkyl halides is 1. The van der Waals surface area contributed by atoms with E-state index >= 15 is 0 Å². The lowest BCUT2D eigenvalue weighted by Crippen LogP contribution is -2.07. The van der Waals surface area contributed by atoms with Crippen LogP contribution in [0.2, 0.25) is 0 Å². The Bertz CT molecular complexity index is 725. The van der Waals surface area contributed by atoms with Gasteiger partial charge in [0, 0.05) is 18.5 Å². The first-order valence-electron chi connectivity index (χ1n) is 6.38. The summed E-state index contributed by atoms with van der Waals surface area (Å²) in [5.74, 6) is 1.07. The Hall–Kier alpha value is -1.94. The van der Waals surface area contributed by atoms with Crippen LogP contribution >= 0.6 is 11.6 Å². The maximum atomic E-state index is 13.5. The molecular weight excluding hydrogens is 277 g/mol. The molecule has 0 N–H and O–H groups in total. The van der Waals surface area contributed by atoms with Crippen LogP contribution in [0.15, 0.2) is 42.6 Å². The van der Waals surface area contributed by atoms with Gasteiger partial charge in [0.2, 0.25) is 0 Å². The Balaban J connectivity index is 2.10. The minimum absolute atomic E-state index is 0.267. The SMILES string of the molecule is Fc1ccc2nc(CCCl)n(Cc3ccccn3)c2c1. The van der Waals surface area contributed by atoms with E-state index in [1.165, 1.54) is 12.1 Å². The van der Waals surface area contributed by atoms with Gasteiger partial charge in [-0.2, -0.15) is 0 Å². The zero-order valence-corrected chi connectivity index (χ0v) is 11.5. The van der Waals surface area contributed by atoms with Crippen LogP contribution in [-0.4, -0.2) is 20.4 Å². The third kappa shape index (κ3) is 2.51. The number of fused-ring (bicyclic) bond motifs is 1. The van der Waals surface area contributed by atoms with E-state index in [-0.39, 0.29) is 5.82 Å². The second kappa shape index (κ2) is 5.59. The summed E-state index contributed by atoms with van der Waals surface area (Å²) in [6.07, 6.45) is 2.39. The molecule has 0 spiro atoms. The molecule has 2 aromatic heterocycles. The molecule has 2 heterocycles. The van der Waals surface area contributed by atoms with Crippen molar-refractivity contribution in [2.75, 3.05) is 5.88 Å². The average molecular weight is 290 g/mol. The lowest BCUT2D eigenvalue weighted by molar-refractivity contribution is 0.628. The van der Waals surface area contributed by atoms with E-state index < -0.39 is 0 Å². The number of hydrogen-bond donors (Lipinski definition) is 0. The van der Waals surface area contributed by atoms with E-state index in [2.05, 4.69) is 9.97 Å². The van der Waals surface area contributed by atoms with Gasteiger partial charge in [0.05, 0.1) is 23.3 Å². The summed E-state index contributed by atoms with van der Waals surface area (Å²) in [4.78, 5) is 8.83. The molecule has 3 nitrogen and oxygen atoms in total. The van der Waals surface area contributed by atoms with E-state index in [0.717, 1.165) is 22.6 Å². The minimum Gasteiger partial charge on any atom is -0.322 e. The number of rotatable bonds is 4. The first-order valence-corrected chi connectivity index (χ1v) is 6.92. The number of aryl methyl sites for hydroxylation is 1. The molecule has 20 heavy (non-hydrogen) atoms. The maximum Gasteiger partial charge on any atom is 0.125 e. The molecular formula is C15H13ClFN3. The van der Waals surface area contributed by atoms with Crippen LogP contribution in [0.5, 0.6) is 0 Å². The van der Waals surface area contributed by atoms with Crippen molar-refractivity contribution in [1.29, 1.82) is 0 Å². The quantitative estimate of drug-likeness (QED) is 0.689. The first-order chi connectivity index (χ1) is 9.78. The van der Waals surface area contributed by atoms with E-state index in [0.29, 0.717) is 18.8 Å². The van der Waals surface area contributed by atoms with Crippen LogP contribution in [0.1, 0.15) is 11.5 Å². The predicted molar refractivity (Wildman–Crippen MR) is 77.5 cm³/mol. The largest absolute Gasteiger partial charge is 0.322 e. The molecule has 0 bridgehead atoms. The van der Waals surface area contributed by atoms with Gasteiger partial charge in [0.15, 0.2) is 0 Å². The van der Waals surface area contributed by atoms with Crippen LogP contribution in [-0.2, 0) is 13.0 Å². The molecule has 0 saturated carbocycles. The third-order valence-electron chi connectivity index (χ3n) is 3.15. The monoisotopic (exact) mass is 289 g/mol. The number of hydrogen-bond acceptors (Lipinski definition) is 2. The van der Waals surface area contributed by atoms with Crippen molar-refractivity contribution < 1.29 is 4.39 Å². The van der Waals surface area contributed by atoms with Crippen LogP contribution in [0.3, 0.4) is 0 Å². The Kier molecular flexibility index (Phi) is 3.65. The summed E-state index contributed by atoms with van der Waals surface area (Å²) >= 11 is 5.83. The normalized spacial score (nSPS) is 11.1. The van der Waals surface area contributed by atoms with Crippen molar-refractivity contribution >= 4 is 22.6 Å². The van der Waals surface area contributed by atoms with Crippen molar-refractivity contribution in [2.45, 2.75) is 13.0 Å². The van der Waals surface area contributed by atoms with Crippen LogP contribution in [0, 0.1) is 5.82 Å². The predicted octanol–water partition coefficient (Wildman–Crippen LogP) is 3.40. The molecule has 3 rings (SSSR count). The molecule has 0 aliphatic carbocycles. The molecule has 0 atom stereocenters. The van der Waals surface area contributed by atoms with Crippen LogP contribution in [0.4, 0.5) is 4.39 Å². The summed E-state index contributed by atoms with van der Waals surface area (Å²) in [5, 5.41) is 0. The molecule has 0 radical (unpaired) electrons. The van der Waals surface area contributed by atoms with Crippen LogP contribution in [0.25, 0.3) is 11.0 Å². The summed E-state index contributed by atoms with van der Waals surface area (Å²) < 4.78 is 15.4. The lowest BCUT2D eigenvalue weighted by atomic mass is 10.3. The highest BCUT2D eigenvalue weighted by Crippen LogP contribution is 2.19. The highest BCUT2D eigenvalue weighted by atomic mass is 35.5. The Labute approximate surface area is 121 Å². The van der Waals surface area contributed by atoms with Gasteiger partial charge in [0.25, 0.3) is 0 Å². The number of halogens is 2. The van der Waals surface area contributed by atoms with E-state index in [1.807, 2.05) is 22.8 Å². The summed E-state index contributed by atoms with van der Waals surface area (Å²) in [6, 6.07) is 10.4. The number of nitrogens with zero attached hydrogens (tertiary/aromatic N) is 3. The van der Waals surface area contributed by atoms with Gasteiger partial charge in [-0.25, -0.2) is 9.37 Å². The molecule has 0 saturated heterocycles. The van der Waals surface area contributed by atoms with E-state index in [4.69, 9.17) is 11.6 Å². The van der Waals surface area contributed by atoms with Gasteiger partial charge in [-0.3, -0.25) is 4.98 Å². The van der Waals surface area contributed by atoms with Crippen molar-refractivity contribution in [3.8, 4) is 0 Å². The first kappa shape index (κ1) is 13.1. The van der Waals surface area contributed by atoms with E-state index in [1.54, 1.807) is 12.3 Å². The lowest BCUT2D eigenvalue weighted by Gasteiger charge is -2.08. The number of benzene rings is 1. The molecule has 0 unspecified atom stereocenters. The molecule has 102 valence electrons. The fourth-order valence-corrected chi connectivity index (χ4v) is 2.42. The molecule has 0 amide bonds. The smallest absolute Gasteiger partial charge is 0.125 e. The number of pyridine rings is 1. The van der Waals surface area contributed by atoms with E-state index in [9.17, 15) is 4.39 Å². The van der Waals surface area contributed by atoms with Crippen molar-refractivity contribution in [2.24, 2.45) is 0 Å². The highest BCUT2D eigenvalue weighted by molar-refractivity contribution is 6.17. The standard InChI is InChI=1S/C15H13ClFN3/c16-7-6-15-19-13-5-4-11(17)9-14(13)20(15)10-12-3-1-2-8-18-12/h1-5,8-9H,6-7,10H2. The second-order valence-electron chi connectivity index (χ2n) is 4.51. The molecule has 0 fully saturated rings. The fraction of sp³-hybridized carbons (Fsp3) is 0.200. The van der Waals surface area contributed by atoms with Crippen molar-refractivity contribution in [3.05, 3.63) is 59.9 Å². The van der Waals surface area contributed by atoms with Crippen LogP contribution < -0.4 is 0 Å². The van der Waals surface area contributed by atoms with Crippen molar-refractivity contribution in [3.63, 3.8) is 0 Å². The zero-order valence-electron chi connectivity index (χ0n) is 10.8. The van der Waals surface area contributed by atoms with Gasteiger partial charge in [0.1, 0.15) is 11.6 Å². The van der Waals surface area contributed by atoms with Gasteiger partial charge >= 0.3 is 0 Å². The van der Waals surface area contributed by atoms with Gasteiger partial charge in [-0.05, 0) is 30.3 Å². The van der Waals surface area contributed by atoms with Gasteiger partial charge < -0.3 is 4.57 Å². The van der Waals surface area contributed by atoms with Crippen molar-refractivity contribution in [1.82, 2.24) is 14.5 Å². The second-order valence-corrected chi connectivity index (χ2v) is 4.89. The molecule has 1 aromatic carbocycles. The molecule has 5 heteroatoms. The molecule has 0 aliphatic heterocycles. The minimum atomic E-state index is -0.267. The zero-order chi connectivity index (χ0) is 13.9. The summed E-state index contributed by atoms with van der Waals surface area (Å²) in [5.41, 5.74) is 2.46. The number of aromatic nitrogens is 3. The Morgan fingerprint density at radius 3 is 2.85 bits per heavy atom.